The van der Waals surface area contributed by atoms with Crippen LogP contribution in [0.5, 0.6) is 0 Å². The second kappa shape index (κ2) is 9.19. The van der Waals surface area contributed by atoms with Crippen molar-refractivity contribution in [1.29, 1.82) is 5.26 Å². The monoisotopic (exact) mass is 486 g/mol. The van der Waals surface area contributed by atoms with Crippen LogP contribution in [-0.2, 0) is 19.0 Å². The largest absolute Gasteiger partial charge is 0.416 e. The molecule has 0 amide bonds. The molecule has 0 bridgehead atoms. The molecule has 0 aliphatic carbocycles. The van der Waals surface area contributed by atoms with Crippen LogP contribution in [0.25, 0.3) is 16.8 Å². The molecule has 1 unspecified atom stereocenters. The first-order valence-electron chi connectivity index (χ1n) is 11.9. The molecule has 3 aromatic rings. The SMILES string of the molecule is CCC1(CC#N)C2=NC(c3ccc(CCc4ccc(-c5ccccc5)cc4)c(C(F)(F)F)c3)=CNN21. The van der Waals surface area contributed by atoms with E-state index in [2.05, 4.69) is 16.5 Å². The Kier molecular flexibility index (Phi) is 6.05. The number of aliphatic imine (C=N–C) groups is 1. The summed E-state index contributed by atoms with van der Waals surface area (Å²) in [5.74, 6) is 0.695. The molecular formula is C29H25F3N4. The third-order valence-electron chi connectivity index (χ3n) is 6.97. The topological polar surface area (TPSA) is 51.2 Å². The highest BCUT2D eigenvalue weighted by atomic mass is 19.4. The molecule has 5 rings (SSSR count). The summed E-state index contributed by atoms with van der Waals surface area (Å²) < 4.78 is 42.0. The number of nitrogens with zero attached hydrogens (tertiary/aromatic N) is 3. The zero-order chi connectivity index (χ0) is 25.3. The zero-order valence-electron chi connectivity index (χ0n) is 19.8. The Balaban J connectivity index is 1.35. The van der Waals surface area contributed by atoms with Crippen molar-refractivity contribution in [1.82, 2.24) is 10.4 Å². The minimum absolute atomic E-state index is 0.260. The van der Waals surface area contributed by atoms with Crippen molar-refractivity contribution in [2.75, 3.05) is 0 Å². The van der Waals surface area contributed by atoms with Crippen molar-refractivity contribution in [3.63, 3.8) is 0 Å². The van der Waals surface area contributed by atoms with E-state index in [1.54, 1.807) is 18.3 Å². The Hall–Kier alpha value is -4.05. The molecule has 182 valence electrons. The van der Waals surface area contributed by atoms with E-state index in [4.69, 9.17) is 5.26 Å². The number of rotatable bonds is 7. The van der Waals surface area contributed by atoms with Gasteiger partial charge in [0.05, 0.1) is 23.8 Å². The van der Waals surface area contributed by atoms with Crippen LogP contribution in [0.15, 0.2) is 84.0 Å². The molecule has 1 fully saturated rings. The number of fused-ring (bicyclic) bond motifs is 1. The number of aryl methyl sites for hydroxylation is 2. The van der Waals surface area contributed by atoms with Crippen LogP contribution in [0.3, 0.4) is 0 Å². The van der Waals surface area contributed by atoms with Gasteiger partial charge in [0.1, 0.15) is 5.54 Å². The van der Waals surface area contributed by atoms with E-state index >= 15 is 0 Å². The van der Waals surface area contributed by atoms with E-state index in [-0.39, 0.29) is 18.4 Å². The molecule has 1 N–H and O–H groups in total. The summed E-state index contributed by atoms with van der Waals surface area (Å²) in [6, 6.07) is 24.5. The van der Waals surface area contributed by atoms with Crippen molar-refractivity contribution in [2.24, 2.45) is 4.99 Å². The molecule has 0 saturated carbocycles. The molecule has 2 aliphatic rings. The van der Waals surface area contributed by atoms with Crippen LogP contribution in [0.2, 0.25) is 0 Å². The van der Waals surface area contributed by atoms with Crippen LogP contribution in [0.4, 0.5) is 13.2 Å². The lowest BCUT2D eigenvalue weighted by Gasteiger charge is -2.16. The maximum absolute atomic E-state index is 14.0. The number of nitrogens with one attached hydrogen (secondary N) is 1. The number of halogens is 3. The van der Waals surface area contributed by atoms with Gasteiger partial charge in [-0.2, -0.15) is 18.4 Å². The first kappa shape index (κ1) is 23.7. The van der Waals surface area contributed by atoms with Crippen LogP contribution in [0.1, 0.15) is 42.0 Å². The van der Waals surface area contributed by atoms with Crippen LogP contribution < -0.4 is 5.43 Å². The van der Waals surface area contributed by atoms with Crippen molar-refractivity contribution in [3.05, 3.63) is 101 Å². The Morgan fingerprint density at radius 1 is 0.944 bits per heavy atom. The number of hydrogen-bond donors (Lipinski definition) is 1. The molecule has 2 heterocycles. The first-order chi connectivity index (χ1) is 17.4. The van der Waals surface area contributed by atoms with Gasteiger partial charge in [-0.3, -0.25) is 5.01 Å². The Labute approximate surface area is 208 Å². The van der Waals surface area contributed by atoms with Crippen LogP contribution in [0, 0.1) is 11.3 Å². The third-order valence-corrected chi connectivity index (χ3v) is 6.97. The molecule has 0 radical (unpaired) electrons. The second-order valence-corrected chi connectivity index (χ2v) is 9.08. The quantitative estimate of drug-likeness (QED) is 0.376. The Morgan fingerprint density at radius 3 is 2.31 bits per heavy atom. The van der Waals surface area contributed by atoms with Crippen molar-refractivity contribution in [3.8, 4) is 17.2 Å². The van der Waals surface area contributed by atoms with E-state index in [0.29, 0.717) is 29.9 Å². The van der Waals surface area contributed by atoms with Crippen molar-refractivity contribution >= 4 is 11.5 Å². The van der Waals surface area contributed by atoms with Gasteiger partial charge in [-0.15, -0.1) is 0 Å². The fraction of sp³-hybridized carbons (Fsp3) is 0.241. The predicted molar refractivity (Wildman–Crippen MR) is 134 cm³/mol. The molecule has 0 aromatic heterocycles. The lowest BCUT2D eigenvalue weighted by molar-refractivity contribution is -0.138. The minimum atomic E-state index is -4.47. The fourth-order valence-corrected chi connectivity index (χ4v) is 4.78. The molecule has 1 atom stereocenters. The smallest absolute Gasteiger partial charge is 0.301 e. The normalized spacial score (nSPS) is 18.5. The average Bonchev–Trinajstić information content (AvgIpc) is 3.54. The molecule has 36 heavy (non-hydrogen) atoms. The highest BCUT2D eigenvalue weighted by molar-refractivity contribution is 6.09. The number of hydrogen-bond acceptors (Lipinski definition) is 4. The number of nitriles is 1. The third kappa shape index (κ3) is 4.35. The summed E-state index contributed by atoms with van der Waals surface area (Å²) in [6.07, 6.45) is -1.13. The maximum atomic E-state index is 14.0. The fourth-order valence-electron chi connectivity index (χ4n) is 4.78. The molecule has 7 heteroatoms. The molecule has 1 saturated heterocycles. The van der Waals surface area contributed by atoms with E-state index in [1.165, 1.54) is 6.07 Å². The highest BCUT2D eigenvalue weighted by Gasteiger charge is 2.60. The minimum Gasteiger partial charge on any atom is -0.301 e. The maximum Gasteiger partial charge on any atom is 0.416 e. The molecule has 0 spiro atoms. The van der Waals surface area contributed by atoms with Gasteiger partial charge in [0.15, 0.2) is 5.84 Å². The zero-order valence-corrected chi connectivity index (χ0v) is 19.8. The standard InChI is InChI=1S/C29H25F3N4/c1-2-28(16-17-33)27-35-26(19-34-36(27)28)24-15-14-23(25(18-24)29(30,31)32)13-10-20-8-11-22(12-9-20)21-6-4-3-5-7-21/h3-9,11-12,14-15,18-19,34H,2,10,13,16H2,1H3. The van der Waals surface area contributed by atoms with E-state index in [0.717, 1.165) is 16.7 Å². The lowest BCUT2D eigenvalue weighted by Crippen LogP contribution is -2.25. The van der Waals surface area contributed by atoms with Crippen LogP contribution >= 0.6 is 0 Å². The number of hydrazine groups is 1. The summed E-state index contributed by atoms with van der Waals surface area (Å²) in [5.41, 5.74) is 6.21. The van der Waals surface area contributed by atoms with Gasteiger partial charge < -0.3 is 5.43 Å². The van der Waals surface area contributed by atoms with Gasteiger partial charge in [-0.1, -0.05) is 73.7 Å². The summed E-state index contributed by atoms with van der Waals surface area (Å²) in [6.45, 7) is 1.96. The van der Waals surface area contributed by atoms with E-state index < -0.39 is 17.3 Å². The molecule has 4 nitrogen and oxygen atoms in total. The summed E-state index contributed by atoms with van der Waals surface area (Å²) in [7, 11) is 0. The van der Waals surface area contributed by atoms with Crippen LogP contribution in [-0.4, -0.2) is 16.4 Å². The number of alkyl halides is 3. The Bertz CT molecular complexity index is 1370. The van der Waals surface area contributed by atoms with Gasteiger partial charge in [-0.25, -0.2) is 4.99 Å². The Morgan fingerprint density at radius 2 is 1.64 bits per heavy atom. The second-order valence-electron chi connectivity index (χ2n) is 9.08. The van der Waals surface area contributed by atoms with Gasteiger partial charge in [0, 0.05) is 11.8 Å². The van der Waals surface area contributed by atoms with Gasteiger partial charge >= 0.3 is 6.18 Å². The summed E-state index contributed by atoms with van der Waals surface area (Å²) in [5, 5.41) is 11.0. The molecule has 2 aliphatic heterocycles. The summed E-state index contributed by atoms with van der Waals surface area (Å²) >= 11 is 0. The molecular weight excluding hydrogens is 461 g/mol. The van der Waals surface area contributed by atoms with Gasteiger partial charge in [0.2, 0.25) is 0 Å². The van der Waals surface area contributed by atoms with E-state index in [1.807, 2.05) is 66.5 Å². The summed E-state index contributed by atoms with van der Waals surface area (Å²) in [4.78, 5) is 4.57. The van der Waals surface area contributed by atoms with Gasteiger partial charge in [-0.05, 0) is 47.6 Å². The highest BCUT2D eigenvalue weighted by Crippen LogP contribution is 2.44. The van der Waals surface area contributed by atoms with Gasteiger partial charge in [0.25, 0.3) is 0 Å². The average molecular weight is 487 g/mol. The predicted octanol–water partition coefficient (Wildman–Crippen LogP) is 6.75. The number of amidine groups is 1. The first-order valence-corrected chi connectivity index (χ1v) is 11.9. The van der Waals surface area contributed by atoms with Crippen molar-refractivity contribution in [2.45, 2.75) is 44.3 Å². The number of benzene rings is 3. The molecule has 3 aromatic carbocycles. The van der Waals surface area contributed by atoms with Crippen molar-refractivity contribution < 1.29 is 13.2 Å². The lowest BCUT2D eigenvalue weighted by atomic mass is 9.95. The van der Waals surface area contributed by atoms with E-state index in [9.17, 15) is 13.2 Å².